The molecule has 0 unspecified atom stereocenters. The lowest BCUT2D eigenvalue weighted by Crippen LogP contribution is -2.49. The van der Waals surface area contributed by atoms with Crippen LogP contribution in [0.2, 0.25) is 0 Å². The normalized spacial score (nSPS) is 20.8. The molecular weight excluding hydrogens is 448 g/mol. The average Bonchev–Trinajstić information content (AvgIpc) is 3.55. The van der Waals surface area contributed by atoms with Gasteiger partial charge in [-0.15, -0.1) is 11.3 Å². The number of sulfone groups is 1. The van der Waals surface area contributed by atoms with Gasteiger partial charge in [-0.25, -0.2) is 8.42 Å². The molecule has 5 rings (SSSR count). The van der Waals surface area contributed by atoms with Crippen molar-refractivity contribution in [2.75, 3.05) is 42.6 Å². The Kier molecular flexibility index (Phi) is 5.32. The highest BCUT2D eigenvalue weighted by Crippen LogP contribution is 2.32. The van der Waals surface area contributed by atoms with Gasteiger partial charge in [0, 0.05) is 26.2 Å². The second-order valence-corrected chi connectivity index (χ2v) is 11.6. The van der Waals surface area contributed by atoms with Gasteiger partial charge in [0.15, 0.2) is 15.5 Å². The van der Waals surface area contributed by atoms with Crippen LogP contribution in [-0.4, -0.2) is 76.9 Å². The first-order chi connectivity index (χ1) is 15.3. The fourth-order valence-electron chi connectivity index (χ4n) is 4.72. The summed E-state index contributed by atoms with van der Waals surface area (Å²) in [6.07, 6.45) is 0.614. The summed E-state index contributed by atoms with van der Waals surface area (Å²) < 4.78 is 25.7. The minimum Gasteiger partial charge on any atom is -0.365 e. The number of hydrogen-bond acceptors (Lipinski definition) is 7. The van der Waals surface area contributed by atoms with E-state index in [-0.39, 0.29) is 23.5 Å². The van der Waals surface area contributed by atoms with Crippen molar-refractivity contribution in [1.82, 2.24) is 24.9 Å². The summed E-state index contributed by atoms with van der Waals surface area (Å²) >= 11 is 1.60. The van der Waals surface area contributed by atoms with E-state index in [1.54, 1.807) is 11.3 Å². The zero-order valence-electron chi connectivity index (χ0n) is 18.1. The van der Waals surface area contributed by atoms with Crippen molar-refractivity contribution in [2.45, 2.75) is 26.3 Å². The maximum Gasteiger partial charge on any atom is 0.274 e. The van der Waals surface area contributed by atoms with Crippen LogP contribution in [0, 0.1) is 13.8 Å². The number of carbonyl (C=O) groups excluding carboxylic acids is 1. The molecule has 0 aliphatic carbocycles. The Labute approximate surface area is 190 Å². The lowest BCUT2D eigenvalue weighted by molar-refractivity contribution is 0.0741. The molecule has 2 aliphatic heterocycles. The van der Waals surface area contributed by atoms with Gasteiger partial charge >= 0.3 is 0 Å². The van der Waals surface area contributed by atoms with Gasteiger partial charge < -0.3 is 9.80 Å². The number of aromatic amines is 1. The van der Waals surface area contributed by atoms with Crippen molar-refractivity contribution in [3.63, 3.8) is 0 Å². The number of thiophene rings is 1. The standard InChI is InChI=1S/C21H26N6O3S2/c1-14-20(15(2)27(24-14)16-5-11-32(29,30)13-16)25-6-8-26(9-7-25)21(28)18-12-17(22-23-18)19-4-3-10-31-19/h3-4,10,12,16H,5-9,11,13H2,1-2H3,(H,22,23)/t16-/m1/s1. The summed E-state index contributed by atoms with van der Waals surface area (Å²) in [6.45, 7) is 6.57. The van der Waals surface area contributed by atoms with E-state index in [4.69, 9.17) is 0 Å². The van der Waals surface area contributed by atoms with Crippen molar-refractivity contribution in [2.24, 2.45) is 0 Å². The molecule has 1 atom stereocenters. The molecule has 2 fully saturated rings. The Morgan fingerprint density at radius 1 is 1.22 bits per heavy atom. The van der Waals surface area contributed by atoms with Gasteiger partial charge in [-0.05, 0) is 37.8 Å². The lowest BCUT2D eigenvalue weighted by Gasteiger charge is -2.36. The highest BCUT2D eigenvalue weighted by molar-refractivity contribution is 7.91. The highest BCUT2D eigenvalue weighted by atomic mass is 32.2. The molecule has 2 aliphatic rings. The van der Waals surface area contributed by atoms with E-state index in [1.807, 2.05) is 47.0 Å². The van der Waals surface area contributed by atoms with Crippen LogP contribution in [-0.2, 0) is 9.84 Å². The molecule has 0 aromatic carbocycles. The fourth-order valence-corrected chi connectivity index (χ4v) is 7.10. The minimum absolute atomic E-state index is 0.0657. The number of rotatable bonds is 4. The van der Waals surface area contributed by atoms with Crippen LogP contribution < -0.4 is 4.90 Å². The maximum absolute atomic E-state index is 13.0. The first kappa shape index (κ1) is 21.2. The van der Waals surface area contributed by atoms with Crippen molar-refractivity contribution < 1.29 is 13.2 Å². The monoisotopic (exact) mass is 474 g/mol. The molecule has 0 radical (unpaired) electrons. The lowest BCUT2D eigenvalue weighted by atomic mass is 10.2. The van der Waals surface area contributed by atoms with Crippen LogP contribution in [0.15, 0.2) is 23.6 Å². The third-order valence-corrected chi connectivity index (χ3v) is 8.96. The quantitative estimate of drug-likeness (QED) is 0.622. The van der Waals surface area contributed by atoms with E-state index in [2.05, 4.69) is 20.2 Å². The third kappa shape index (κ3) is 3.83. The van der Waals surface area contributed by atoms with Crippen molar-refractivity contribution in [3.8, 4) is 10.6 Å². The van der Waals surface area contributed by atoms with Gasteiger partial charge in [-0.1, -0.05) is 6.07 Å². The van der Waals surface area contributed by atoms with Crippen molar-refractivity contribution >= 4 is 32.8 Å². The van der Waals surface area contributed by atoms with Crippen LogP contribution in [0.4, 0.5) is 5.69 Å². The number of aromatic nitrogens is 4. The first-order valence-corrected chi connectivity index (χ1v) is 13.4. The van der Waals surface area contributed by atoms with Crippen molar-refractivity contribution in [3.05, 3.63) is 40.7 Å². The molecule has 5 heterocycles. The van der Waals surface area contributed by atoms with Crippen LogP contribution >= 0.6 is 11.3 Å². The van der Waals surface area contributed by atoms with Crippen LogP contribution in [0.5, 0.6) is 0 Å². The Hall–Kier alpha value is -2.66. The van der Waals surface area contributed by atoms with Crippen LogP contribution in [0.3, 0.4) is 0 Å². The number of hydrogen-bond donors (Lipinski definition) is 1. The largest absolute Gasteiger partial charge is 0.365 e. The van der Waals surface area contributed by atoms with Gasteiger partial charge in [-0.2, -0.15) is 10.2 Å². The Morgan fingerprint density at radius 2 is 2.00 bits per heavy atom. The number of nitrogens with zero attached hydrogens (tertiary/aromatic N) is 5. The Bertz CT molecular complexity index is 1240. The van der Waals surface area contributed by atoms with Gasteiger partial charge in [-0.3, -0.25) is 14.6 Å². The van der Waals surface area contributed by atoms with E-state index in [0.29, 0.717) is 38.3 Å². The Morgan fingerprint density at radius 3 is 2.66 bits per heavy atom. The van der Waals surface area contributed by atoms with Gasteiger partial charge in [0.25, 0.3) is 5.91 Å². The third-order valence-electron chi connectivity index (χ3n) is 6.31. The molecule has 3 aromatic heterocycles. The summed E-state index contributed by atoms with van der Waals surface area (Å²) in [4.78, 5) is 18.1. The molecule has 3 aromatic rings. The molecule has 11 heteroatoms. The summed E-state index contributed by atoms with van der Waals surface area (Å²) in [6, 6.07) is 5.69. The smallest absolute Gasteiger partial charge is 0.274 e. The molecule has 0 bridgehead atoms. The minimum atomic E-state index is -2.97. The fraction of sp³-hybridized carbons (Fsp3) is 0.476. The average molecular weight is 475 g/mol. The molecule has 1 N–H and O–H groups in total. The second kappa shape index (κ2) is 8.04. The summed E-state index contributed by atoms with van der Waals surface area (Å²) in [7, 11) is -2.97. The number of carbonyl (C=O) groups is 1. The van der Waals surface area contributed by atoms with E-state index in [1.165, 1.54) is 0 Å². The molecule has 9 nitrogen and oxygen atoms in total. The van der Waals surface area contributed by atoms with E-state index in [0.717, 1.165) is 27.6 Å². The summed E-state index contributed by atoms with van der Waals surface area (Å²) in [5.41, 5.74) is 4.25. The predicted octanol–water partition coefficient (Wildman–Crippen LogP) is 2.27. The zero-order chi connectivity index (χ0) is 22.5. The number of amides is 1. The molecular formula is C21H26N6O3S2. The van der Waals surface area contributed by atoms with Gasteiger partial charge in [0.05, 0.1) is 45.2 Å². The number of H-pyrrole nitrogens is 1. The number of anilines is 1. The second-order valence-electron chi connectivity index (χ2n) is 8.44. The van der Waals surface area contributed by atoms with E-state index >= 15 is 0 Å². The predicted molar refractivity (Wildman–Crippen MR) is 124 cm³/mol. The number of piperazine rings is 1. The van der Waals surface area contributed by atoms with E-state index < -0.39 is 9.84 Å². The zero-order valence-corrected chi connectivity index (χ0v) is 19.7. The van der Waals surface area contributed by atoms with Crippen LogP contribution in [0.25, 0.3) is 10.6 Å². The topological polar surface area (TPSA) is 104 Å². The Balaban J connectivity index is 1.27. The molecule has 1 amide bonds. The number of nitrogens with one attached hydrogen (secondary N) is 1. The van der Waals surface area contributed by atoms with E-state index in [9.17, 15) is 13.2 Å². The molecule has 32 heavy (non-hydrogen) atoms. The highest BCUT2D eigenvalue weighted by Gasteiger charge is 2.33. The van der Waals surface area contributed by atoms with Crippen molar-refractivity contribution in [1.29, 1.82) is 0 Å². The summed E-state index contributed by atoms with van der Waals surface area (Å²) in [5, 5.41) is 13.9. The molecule has 2 saturated heterocycles. The number of aryl methyl sites for hydroxylation is 1. The first-order valence-electron chi connectivity index (χ1n) is 10.7. The summed E-state index contributed by atoms with van der Waals surface area (Å²) in [5.74, 6) is 0.324. The SMILES string of the molecule is Cc1nn([C@@H]2CCS(=O)(=O)C2)c(C)c1N1CCN(C(=O)c2cc(-c3cccs3)[nH]n2)CC1. The maximum atomic E-state index is 13.0. The molecule has 0 spiro atoms. The molecule has 170 valence electrons. The molecule has 0 saturated carbocycles. The van der Waals surface area contributed by atoms with Crippen LogP contribution in [0.1, 0.15) is 34.3 Å². The van der Waals surface area contributed by atoms with Gasteiger partial charge in [0.1, 0.15) is 0 Å². The van der Waals surface area contributed by atoms with Gasteiger partial charge in [0.2, 0.25) is 0 Å².